The monoisotopic (exact) mass is 341 g/mol. The zero-order chi connectivity index (χ0) is 13.8. The van der Waals surface area contributed by atoms with Crippen molar-refractivity contribution in [3.8, 4) is 0 Å². The molecule has 1 atom stereocenters. The van der Waals surface area contributed by atoms with Crippen LogP contribution >= 0.6 is 27.5 Å². The fraction of sp³-hybridized carbons (Fsp3) is 0.357. The van der Waals surface area contributed by atoms with Crippen LogP contribution in [0.3, 0.4) is 0 Å². The van der Waals surface area contributed by atoms with Crippen LogP contribution in [0.4, 0.5) is 0 Å². The first-order valence-corrected chi connectivity index (χ1v) is 7.43. The SMILES string of the molecule is CCNC(Cc1ccn(C)n1)c1cc(Cl)cc(Br)c1. The molecule has 3 nitrogen and oxygen atoms in total. The molecule has 102 valence electrons. The number of hydrogen-bond donors (Lipinski definition) is 1. The Balaban J connectivity index is 2.23. The van der Waals surface area contributed by atoms with Crippen molar-refractivity contribution in [3.63, 3.8) is 0 Å². The number of hydrogen-bond acceptors (Lipinski definition) is 2. The molecule has 1 heterocycles. The predicted molar refractivity (Wildman–Crippen MR) is 82.5 cm³/mol. The molecule has 0 aliphatic heterocycles. The molecule has 1 unspecified atom stereocenters. The topological polar surface area (TPSA) is 29.9 Å². The Labute approximate surface area is 127 Å². The fourth-order valence-corrected chi connectivity index (χ4v) is 3.00. The average Bonchev–Trinajstić information content (AvgIpc) is 2.73. The van der Waals surface area contributed by atoms with Gasteiger partial charge < -0.3 is 5.32 Å². The zero-order valence-electron chi connectivity index (χ0n) is 11.0. The van der Waals surface area contributed by atoms with Crippen molar-refractivity contribution >= 4 is 27.5 Å². The van der Waals surface area contributed by atoms with Gasteiger partial charge in [-0.3, -0.25) is 4.68 Å². The lowest BCUT2D eigenvalue weighted by Crippen LogP contribution is -2.23. The smallest absolute Gasteiger partial charge is 0.0643 e. The largest absolute Gasteiger partial charge is 0.310 e. The summed E-state index contributed by atoms with van der Waals surface area (Å²) in [5, 5.41) is 8.66. The van der Waals surface area contributed by atoms with Gasteiger partial charge in [0.15, 0.2) is 0 Å². The first-order chi connectivity index (χ1) is 9.08. The maximum absolute atomic E-state index is 6.12. The highest BCUT2D eigenvalue weighted by molar-refractivity contribution is 9.10. The van der Waals surface area contributed by atoms with Crippen molar-refractivity contribution in [1.29, 1.82) is 0 Å². The summed E-state index contributed by atoms with van der Waals surface area (Å²) < 4.78 is 2.82. The van der Waals surface area contributed by atoms with Crippen molar-refractivity contribution in [2.45, 2.75) is 19.4 Å². The van der Waals surface area contributed by atoms with E-state index >= 15 is 0 Å². The van der Waals surface area contributed by atoms with Gasteiger partial charge in [0.1, 0.15) is 0 Å². The number of likely N-dealkylation sites (N-methyl/N-ethyl adjacent to an activating group) is 1. The Hall–Kier alpha value is -0.840. The molecule has 0 spiro atoms. The Morgan fingerprint density at radius 3 is 2.79 bits per heavy atom. The van der Waals surface area contributed by atoms with Crippen LogP contribution < -0.4 is 5.32 Å². The van der Waals surface area contributed by atoms with Crippen LogP contribution in [-0.2, 0) is 13.5 Å². The number of rotatable bonds is 5. The number of nitrogens with one attached hydrogen (secondary N) is 1. The van der Waals surface area contributed by atoms with Crippen LogP contribution in [-0.4, -0.2) is 16.3 Å². The summed E-state index contributed by atoms with van der Waals surface area (Å²) in [6.45, 7) is 3.01. The van der Waals surface area contributed by atoms with Crippen molar-refractivity contribution in [3.05, 3.63) is 51.2 Å². The molecule has 19 heavy (non-hydrogen) atoms. The van der Waals surface area contributed by atoms with Crippen molar-refractivity contribution in [2.75, 3.05) is 6.54 Å². The molecule has 0 fully saturated rings. The second kappa shape index (κ2) is 6.55. The zero-order valence-corrected chi connectivity index (χ0v) is 13.4. The molecule has 2 rings (SSSR count). The summed E-state index contributed by atoms with van der Waals surface area (Å²) in [4.78, 5) is 0. The van der Waals surface area contributed by atoms with Crippen LogP contribution in [0.1, 0.15) is 24.2 Å². The summed E-state index contributed by atoms with van der Waals surface area (Å²) in [7, 11) is 1.93. The molecule has 0 bridgehead atoms. The van der Waals surface area contributed by atoms with Crippen LogP contribution in [0.25, 0.3) is 0 Å². The van der Waals surface area contributed by atoms with E-state index in [9.17, 15) is 0 Å². The molecule has 0 aliphatic carbocycles. The van der Waals surface area contributed by atoms with E-state index < -0.39 is 0 Å². The number of benzene rings is 1. The van der Waals surface area contributed by atoms with Gasteiger partial charge in [-0.2, -0.15) is 5.10 Å². The van der Waals surface area contributed by atoms with Crippen molar-refractivity contribution in [2.24, 2.45) is 7.05 Å². The fourth-order valence-electron chi connectivity index (χ4n) is 2.11. The second-order valence-electron chi connectivity index (χ2n) is 4.50. The van der Waals surface area contributed by atoms with Gasteiger partial charge in [-0.1, -0.05) is 34.5 Å². The summed E-state index contributed by atoms with van der Waals surface area (Å²) >= 11 is 9.61. The molecule has 5 heteroatoms. The van der Waals surface area contributed by atoms with Gasteiger partial charge in [0.2, 0.25) is 0 Å². The highest BCUT2D eigenvalue weighted by Gasteiger charge is 2.14. The van der Waals surface area contributed by atoms with Gasteiger partial charge in [0.05, 0.1) is 5.69 Å². The van der Waals surface area contributed by atoms with Gasteiger partial charge in [-0.25, -0.2) is 0 Å². The van der Waals surface area contributed by atoms with Crippen LogP contribution in [0, 0.1) is 0 Å². The molecule has 1 aromatic heterocycles. The van der Waals surface area contributed by atoms with E-state index in [1.807, 2.05) is 36.1 Å². The Morgan fingerprint density at radius 1 is 1.42 bits per heavy atom. The Kier molecular flexibility index (Phi) is 5.02. The number of nitrogens with zero attached hydrogens (tertiary/aromatic N) is 2. The van der Waals surface area contributed by atoms with Gasteiger partial charge in [-0.15, -0.1) is 0 Å². The van der Waals surface area contributed by atoms with E-state index in [0.717, 1.165) is 28.2 Å². The van der Waals surface area contributed by atoms with E-state index in [2.05, 4.69) is 39.3 Å². The van der Waals surface area contributed by atoms with Crippen LogP contribution in [0.15, 0.2) is 34.9 Å². The molecular formula is C14H17BrClN3. The van der Waals surface area contributed by atoms with E-state index in [4.69, 9.17) is 11.6 Å². The summed E-state index contributed by atoms with van der Waals surface area (Å²) in [5.41, 5.74) is 2.25. The second-order valence-corrected chi connectivity index (χ2v) is 5.85. The van der Waals surface area contributed by atoms with E-state index in [1.165, 1.54) is 5.56 Å². The molecule has 0 saturated heterocycles. The van der Waals surface area contributed by atoms with Gasteiger partial charge in [-0.05, 0) is 36.4 Å². The van der Waals surface area contributed by atoms with Gasteiger partial charge in [0.25, 0.3) is 0 Å². The highest BCUT2D eigenvalue weighted by atomic mass is 79.9. The quantitative estimate of drug-likeness (QED) is 0.897. The maximum Gasteiger partial charge on any atom is 0.0643 e. The lowest BCUT2D eigenvalue weighted by Gasteiger charge is -2.18. The minimum absolute atomic E-state index is 0.217. The first kappa shape index (κ1) is 14.6. The van der Waals surface area contributed by atoms with Crippen molar-refractivity contribution < 1.29 is 0 Å². The third-order valence-corrected chi connectivity index (χ3v) is 3.60. The third-order valence-electron chi connectivity index (χ3n) is 2.92. The molecule has 1 N–H and O–H groups in total. The Morgan fingerprint density at radius 2 is 2.21 bits per heavy atom. The lowest BCUT2D eigenvalue weighted by atomic mass is 10.0. The first-order valence-electron chi connectivity index (χ1n) is 6.26. The summed E-state index contributed by atoms with van der Waals surface area (Å²) in [6, 6.07) is 8.26. The maximum atomic E-state index is 6.12. The Bertz CT molecular complexity index is 533. The highest BCUT2D eigenvalue weighted by Crippen LogP contribution is 2.25. The minimum Gasteiger partial charge on any atom is -0.310 e. The molecule has 2 aromatic rings. The average molecular weight is 343 g/mol. The predicted octanol–water partition coefficient (Wildman–Crippen LogP) is 3.73. The number of aromatic nitrogens is 2. The van der Waals surface area contributed by atoms with E-state index in [0.29, 0.717) is 0 Å². The lowest BCUT2D eigenvalue weighted by molar-refractivity contribution is 0.539. The number of aryl methyl sites for hydroxylation is 1. The molecule has 0 aliphatic rings. The molecule has 0 radical (unpaired) electrons. The molecule has 1 aromatic carbocycles. The standard InChI is InChI=1S/C14H17BrClN3/c1-3-17-14(9-13-4-5-19(2)18-13)10-6-11(15)8-12(16)7-10/h4-8,14,17H,3,9H2,1-2H3. The number of halogens is 2. The van der Waals surface area contributed by atoms with Crippen molar-refractivity contribution in [1.82, 2.24) is 15.1 Å². The van der Waals surface area contributed by atoms with Crippen LogP contribution in [0.2, 0.25) is 5.02 Å². The molecular weight excluding hydrogens is 326 g/mol. The van der Waals surface area contributed by atoms with Crippen LogP contribution in [0.5, 0.6) is 0 Å². The third kappa shape index (κ3) is 4.06. The van der Waals surface area contributed by atoms with E-state index in [1.54, 1.807) is 0 Å². The summed E-state index contributed by atoms with van der Waals surface area (Å²) in [5.74, 6) is 0. The molecule has 0 amide bonds. The normalized spacial score (nSPS) is 12.6. The van der Waals surface area contributed by atoms with Gasteiger partial charge >= 0.3 is 0 Å². The summed E-state index contributed by atoms with van der Waals surface area (Å²) in [6.07, 6.45) is 2.81. The molecule has 0 saturated carbocycles. The minimum atomic E-state index is 0.217. The van der Waals surface area contributed by atoms with Gasteiger partial charge in [0, 0.05) is 35.2 Å². The van der Waals surface area contributed by atoms with E-state index in [-0.39, 0.29) is 6.04 Å².